The van der Waals surface area contributed by atoms with Crippen LogP contribution in [0.15, 0.2) is 24.3 Å². The van der Waals surface area contributed by atoms with Gasteiger partial charge in [0.15, 0.2) is 5.69 Å². The number of hydrogen-bond acceptors (Lipinski definition) is 5. The van der Waals surface area contributed by atoms with Gasteiger partial charge in [0.2, 0.25) is 0 Å². The minimum Gasteiger partial charge on any atom is -0.349 e. The summed E-state index contributed by atoms with van der Waals surface area (Å²) in [5, 5.41) is 11.7. The van der Waals surface area contributed by atoms with Crippen LogP contribution in [0.4, 0.5) is 0 Å². The molecule has 2 heterocycles. The Hall–Kier alpha value is -2.25. The summed E-state index contributed by atoms with van der Waals surface area (Å²) in [5.74, 6) is 0.266. The quantitative estimate of drug-likeness (QED) is 0.865. The van der Waals surface area contributed by atoms with E-state index in [1.54, 1.807) is 0 Å². The van der Waals surface area contributed by atoms with E-state index in [1.807, 2.05) is 16.8 Å². The van der Waals surface area contributed by atoms with Crippen molar-refractivity contribution in [2.75, 3.05) is 40.3 Å². The van der Waals surface area contributed by atoms with Gasteiger partial charge in [-0.15, -0.1) is 5.10 Å². The number of piperazine rings is 1. The van der Waals surface area contributed by atoms with Crippen molar-refractivity contribution in [3.63, 3.8) is 0 Å². The molecule has 1 aromatic heterocycles. The topological polar surface area (TPSA) is 66.3 Å². The summed E-state index contributed by atoms with van der Waals surface area (Å²) >= 11 is 0. The number of benzene rings is 1. The van der Waals surface area contributed by atoms with E-state index in [1.165, 1.54) is 5.56 Å². The molecule has 0 radical (unpaired) electrons. The number of amides is 1. The van der Waals surface area contributed by atoms with Crippen molar-refractivity contribution >= 4 is 5.91 Å². The molecule has 2 aliphatic rings. The van der Waals surface area contributed by atoms with Crippen LogP contribution in [0.3, 0.4) is 0 Å². The number of likely N-dealkylation sites (N-methyl/N-ethyl adjacent to an activating group) is 2. The molecule has 1 atom stereocenters. The number of aromatic nitrogens is 3. The Morgan fingerprint density at radius 2 is 1.93 bits per heavy atom. The van der Waals surface area contributed by atoms with Crippen LogP contribution in [0.1, 0.15) is 40.5 Å². The molecule has 2 aromatic rings. The highest BCUT2D eigenvalue weighted by atomic mass is 16.2. The Labute approximate surface area is 160 Å². The predicted octanol–water partition coefficient (Wildman–Crippen LogP) is 1.43. The first kappa shape index (κ1) is 18.1. The predicted molar refractivity (Wildman–Crippen MR) is 104 cm³/mol. The van der Waals surface area contributed by atoms with Crippen molar-refractivity contribution in [1.82, 2.24) is 30.1 Å². The lowest BCUT2D eigenvalue weighted by atomic mass is 10.1. The van der Waals surface area contributed by atoms with Crippen molar-refractivity contribution in [1.29, 1.82) is 0 Å². The Kier molecular flexibility index (Phi) is 4.97. The maximum absolute atomic E-state index is 12.9. The number of nitrogens with zero attached hydrogens (tertiary/aromatic N) is 5. The number of carbonyl (C=O) groups is 1. The molecule has 144 valence electrons. The van der Waals surface area contributed by atoms with E-state index in [-0.39, 0.29) is 5.91 Å². The zero-order valence-electron chi connectivity index (χ0n) is 16.4. The van der Waals surface area contributed by atoms with Gasteiger partial charge in [-0.1, -0.05) is 22.9 Å². The fourth-order valence-corrected chi connectivity index (χ4v) is 3.67. The first-order chi connectivity index (χ1) is 13.0. The average molecular weight is 368 g/mol. The lowest BCUT2D eigenvalue weighted by molar-refractivity contribution is 0.0876. The van der Waals surface area contributed by atoms with Crippen LogP contribution < -0.4 is 5.32 Å². The highest BCUT2D eigenvalue weighted by Crippen LogP contribution is 2.41. The van der Waals surface area contributed by atoms with Crippen molar-refractivity contribution in [3.8, 4) is 5.69 Å². The zero-order chi connectivity index (χ0) is 19.0. The van der Waals surface area contributed by atoms with Crippen molar-refractivity contribution in [2.24, 2.45) is 0 Å². The van der Waals surface area contributed by atoms with E-state index < -0.39 is 0 Å². The fraction of sp³-hybridized carbons (Fsp3) is 0.550. The molecular formula is C20H28N6O. The van der Waals surface area contributed by atoms with Crippen LogP contribution >= 0.6 is 0 Å². The molecule has 1 aliphatic heterocycles. The van der Waals surface area contributed by atoms with E-state index in [2.05, 4.69) is 58.6 Å². The molecule has 27 heavy (non-hydrogen) atoms. The van der Waals surface area contributed by atoms with E-state index in [4.69, 9.17) is 0 Å². The molecular weight excluding hydrogens is 340 g/mol. The molecule has 1 N–H and O–H groups in total. The molecule has 0 spiro atoms. The molecule has 1 amide bonds. The van der Waals surface area contributed by atoms with E-state index in [9.17, 15) is 4.79 Å². The highest BCUT2D eigenvalue weighted by Gasteiger charge is 2.34. The zero-order valence-corrected chi connectivity index (χ0v) is 16.4. The van der Waals surface area contributed by atoms with Gasteiger partial charge >= 0.3 is 0 Å². The van der Waals surface area contributed by atoms with Crippen LogP contribution in [-0.2, 0) is 0 Å². The molecule has 2 fully saturated rings. The maximum atomic E-state index is 12.9. The summed E-state index contributed by atoms with van der Waals surface area (Å²) in [6.07, 6.45) is 2.19. The molecule has 7 heteroatoms. The highest BCUT2D eigenvalue weighted by molar-refractivity contribution is 5.93. The molecule has 1 saturated heterocycles. The lowest BCUT2D eigenvalue weighted by Gasteiger charge is -2.37. The van der Waals surface area contributed by atoms with Gasteiger partial charge in [-0.3, -0.25) is 9.69 Å². The number of aryl methyl sites for hydroxylation is 1. The summed E-state index contributed by atoms with van der Waals surface area (Å²) in [6, 6.07) is 8.50. The monoisotopic (exact) mass is 368 g/mol. The van der Waals surface area contributed by atoms with Gasteiger partial charge in [0.25, 0.3) is 5.91 Å². The first-order valence-electron chi connectivity index (χ1n) is 9.72. The summed E-state index contributed by atoms with van der Waals surface area (Å²) in [7, 11) is 4.24. The normalized spacial score (nSPS) is 21.4. The Balaban J connectivity index is 1.51. The number of rotatable bonds is 5. The van der Waals surface area contributed by atoms with Crippen LogP contribution in [-0.4, -0.2) is 77.0 Å². The second-order valence-electron chi connectivity index (χ2n) is 7.95. The number of hydrogen-bond donors (Lipinski definition) is 1. The van der Waals surface area contributed by atoms with Crippen LogP contribution in [0.2, 0.25) is 0 Å². The summed E-state index contributed by atoms with van der Waals surface area (Å²) in [4.78, 5) is 17.5. The molecule has 1 aliphatic carbocycles. The third-order valence-corrected chi connectivity index (χ3v) is 5.64. The molecule has 1 aromatic carbocycles. The maximum Gasteiger partial charge on any atom is 0.273 e. The Bertz CT molecular complexity index is 810. The van der Waals surface area contributed by atoms with Gasteiger partial charge in [-0.25, -0.2) is 4.68 Å². The summed E-state index contributed by atoms with van der Waals surface area (Å²) in [6.45, 7) is 5.74. The smallest absolute Gasteiger partial charge is 0.273 e. The second kappa shape index (κ2) is 7.40. The van der Waals surface area contributed by atoms with Gasteiger partial charge in [0.05, 0.1) is 11.4 Å². The molecule has 1 unspecified atom stereocenters. The summed E-state index contributed by atoms with van der Waals surface area (Å²) < 4.78 is 1.84. The van der Waals surface area contributed by atoms with Crippen LogP contribution in [0.5, 0.6) is 0 Å². The molecule has 1 saturated carbocycles. The van der Waals surface area contributed by atoms with Gasteiger partial charge in [0, 0.05) is 38.1 Å². The summed E-state index contributed by atoms with van der Waals surface area (Å²) in [5.41, 5.74) is 3.59. The minimum absolute atomic E-state index is 0.114. The second-order valence-corrected chi connectivity index (χ2v) is 7.95. The van der Waals surface area contributed by atoms with E-state index in [0.717, 1.165) is 43.9 Å². The fourth-order valence-electron chi connectivity index (χ4n) is 3.67. The largest absolute Gasteiger partial charge is 0.349 e. The lowest BCUT2D eigenvalue weighted by Crippen LogP contribution is -2.54. The van der Waals surface area contributed by atoms with E-state index in [0.29, 0.717) is 24.2 Å². The van der Waals surface area contributed by atoms with Gasteiger partial charge < -0.3 is 10.2 Å². The minimum atomic E-state index is -0.114. The van der Waals surface area contributed by atoms with Crippen LogP contribution in [0.25, 0.3) is 5.69 Å². The van der Waals surface area contributed by atoms with Gasteiger partial charge in [-0.05, 0) is 46.0 Å². The molecule has 7 nitrogen and oxygen atoms in total. The molecule has 0 bridgehead atoms. The van der Waals surface area contributed by atoms with Crippen LogP contribution in [0, 0.1) is 6.92 Å². The number of nitrogens with one attached hydrogen (secondary N) is 1. The van der Waals surface area contributed by atoms with Crippen molar-refractivity contribution < 1.29 is 4.79 Å². The third-order valence-electron chi connectivity index (χ3n) is 5.64. The first-order valence-corrected chi connectivity index (χ1v) is 9.72. The Morgan fingerprint density at radius 3 is 2.63 bits per heavy atom. The number of carbonyl (C=O) groups excluding carboxylic acids is 1. The van der Waals surface area contributed by atoms with Gasteiger partial charge in [-0.2, -0.15) is 0 Å². The third kappa shape index (κ3) is 3.89. The Morgan fingerprint density at radius 1 is 1.19 bits per heavy atom. The standard InChI is InChI=1S/C20H28N6O/c1-14-4-8-16(9-5-14)26-19(15-6-7-15)18(22-23-26)20(27)21-12-17-13-24(2)10-11-25(17)3/h4-5,8-9,15,17H,6-7,10-13H2,1-3H3,(H,21,27). The van der Waals surface area contributed by atoms with Crippen molar-refractivity contribution in [3.05, 3.63) is 41.2 Å². The van der Waals surface area contributed by atoms with E-state index >= 15 is 0 Å². The SMILES string of the molecule is Cc1ccc(-n2nnc(C(=O)NCC3CN(C)CCN3C)c2C2CC2)cc1. The average Bonchev–Trinajstić information content (AvgIpc) is 3.41. The molecule has 4 rings (SSSR count). The van der Waals surface area contributed by atoms with Crippen molar-refractivity contribution in [2.45, 2.75) is 31.7 Å². The van der Waals surface area contributed by atoms with Gasteiger partial charge in [0.1, 0.15) is 0 Å².